The van der Waals surface area contributed by atoms with Gasteiger partial charge in [-0.05, 0) is 31.3 Å². The fraction of sp³-hybridized carbons (Fsp3) is 0.417. The van der Waals surface area contributed by atoms with Gasteiger partial charge in [-0.3, -0.25) is 14.4 Å². The Hall–Kier alpha value is -2.95. The summed E-state index contributed by atoms with van der Waals surface area (Å²) in [6.07, 6.45) is 1.23. The van der Waals surface area contributed by atoms with Crippen LogP contribution in [-0.2, 0) is 22.5 Å². The molecule has 184 valence electrons. The summed E-state index contributed by atoms with van der Waals surface area (Å²) in [4.78, 5) is 48.6. The van der Waals surface area contributed by atoms with E-state index in [0.29, 0.717) is 28.6 Å². The van der Waals surface area contributed by atoms with Crippen LogP contribution in [0.2, 0.25) is 5.02 Å². The van der Waals surface area contributed by atoms with Gasteiger partial charge in [0.1, 0.15) is 11.8 Å². The van der Waals surface area contributed by atoms with E-state index in [0.717, 1.165) is 41.0 Å². The van der Waals surface area contributed by atoms with Crippen LogP contribution in [0.4, 0.5) is 0 Å². The normalized spacial score (nSPS) is 22.1. The first-order valence-corrected chi connectivity index (χ1v) is 12.7. The first-order chi connectivity index (χ1) is 16.7. The number of aromatic nitrogens is 2. The van der Waals surface area contributed by atoms with E-state index < -0.39 is 24.2 Å². The highest BCUT2D eigenvalue weighted by molar-refractivity contribution is 7.13. The number of thiazole rings is 1. The minimum absolute atomic E-state index is 0.278. The number of rotatable bonds is 5. The third-order valence-corrected chi connectivity index (χ3v) is 7.74. The fourth-order valence-corrected chi connectivity index (χ4v) is 6.04. The lowest BCUT2D eigenvalue weighted by molar-refractivity contribution is -0.146. The van der Waals surface area contributed by atoms with Crippen molar-refractivity contribution in [3.05, 3.63) is 50.6 Å². The number of esters is 1. The zero-order valence-corrected chi connectivity index (χ0v) is 21.0. The van der Waals surface area contributed by atoms with E-state index in [1.54, 1.807) is 18.2 Å². The number of likely N-dealkylation sites (N-methyl/N-ethyl adjacent to an activating group) is 1. The molecule has 2 unspecified atom stereocenters. The number of fused-ring (bicyclic) bond motifs is 2. The smallest absolute Gasteiger partial charge is 0.302 e. The summed E-state index contributed by atoms with van der Waals surface area (Å²) in [7, 11) is 2.05. The van der Waals surface area contributed by atoms with Gasteiger partial charge in [-0.25, -0.2) is 4.98 Å². The largest absolute Gasteiger partial charge is 0.462 e. The van der Waals surface area contributed by atoms with E-state index in [-0.39, 0.29) is 11.8 Å². The van der Waals surface area contributed by atoms with Crippen molar-refractivity contribution < 1.29 is 19.1 Å². The number of carbonyl (C=O) groups is 3. The number of ether oxygens (including phenoxy) is 1. The molecular formula is C24H26ClN5O4S. The van der Waals surface area contributed by atoms with Gasteiger partial charge < -0.3 is 25.3 Å². The SMILES string of the molecule is CC(=O)OC1CC(NC(=O)c2cc3cc(Cl)ccc3[nH]2)[C@H](NC(=O)c2nc3c(s2)CN(C)CC3)C1. The van der Waals surface area contributed by atoms with E-state index in [9.17, 15) is 14.4 Å². The molecule has 1 fully saturated rings. The Balaban J connectivity index is 1.31. The maximum absolute atomic E-state index is 13.1. The second-order valence-corrected chi connectivity index (χ2v) is 10.7. The first kappa shape index (κ1) is 23.8. The number of benzene rings is 1. The number of hydrogen-bond acceptors (Lipinski definition) is 7. The maximum Gasteiger partial charge on any atom is 0.302 e. The molecule has 1 saturated carbocycles. The van der Waals surface area contributed by atoms with Crippen LogP contribution in [0.3, 0.4) is 0 Å². The van der Waals surface area contributed by atoms with Gasteiger partial charge in [0.2, 0.25) is 0 Å². The predicted octanol–water partition coefficient (Wildman–Crippen LogP) is 2.89. The molecule has 5 rings (SSSR count). The summed E-state index contributed by atoms with van der Waals surface area (Å²) < 4.78 is 5.40. The van der Waals surface area contributed by atoms with E-state index in [1.165, 1.54) is 18.3 Å². The summed E-state index contributed by atoms with van der Waals surface area (Å²) in [5.41, 5.74) is 2.17. The van der Waals surface area contributed by atoms with Crippen LogP contribution in [0.25, 0.3) is 10.9 Å². The van der Waals surface area contributed by atoms with Crippen molar-refractivity contribution in [2.75, 3.05) is 13.6 Å². The third-order valence-electron chi connectivity index (χ3n) is 6.43. The molecule has 0 bridgehead atoms. The average molecular weight is 516 g/mol. The molecule has 2 aromatic heterocycles. The monoisotopic (exact) mass is 515 g/mol. The van der Waals surface area contributed by atoms with Gasteiger partial charge >= 0.3 is 5.97 Å². The van der Waals surface area contributed by atoms with Crippen molar-refractivity contribution in [1.82, 2.24) is 25.5 Å². The van der Waals surface area contributed by atoms with Crippen molar-refractivity contribution >= 4 is 51.6 Å². The molecule has 1 aliphatic heterocycles. The molecule has 3 N–H and O–H groups in total. The Morgan fingerprint density at radius 1 is 1.17 bits per heavy atom. The number of aromatic amines is 1. The Bertz CT molecular complexity index is 1300. The number of hydrogen-bond donors (Lipinski definition) is 3. The lowest BCUT2D eigenvalue weighted by Gasteiger charge is -2.21. The van der Waals surface area contributed by atoms with Crippen LogP contribution in [0.1, 0.15) is 50.6 Å². The quantitative estimate of drug-likeness (QED) is 0.450. The standard InChI is InChI=1S/C24H26ClN5O4S/c1-12(31)34-15-9-18(27-22(32)20-8-13-7-14(25)3-4-16(13)26-20)19(10-15)28-23(33)24-29-17-5-6-30(2)11-21(17)35-24/h3-4,7-8,15,18-19,26H,5-6,9-11H2,1-2H3,(H,27,32)(H,28,33)/t15?,18?,19-/m1/s1. The molecule has 0 spiro atoms. The summed E-state index contributed by atoms with van der Waals surface area (Å²) in [6, 6.07) is 6.27. The highest BCUT2D eigenvalue weighted by Crippen LogP contribution is 2.27. The van der Waals surface area contributed by atoms with E-state index >= 15 is 0 Å². The Morgan fingerprint density at radius 3 is 2.66 bits per heavy atom. The Morgan fingerprint density at radius 2 is 1.91 bits per heavy atom. The number of nitrogens with one attached hydrogen (secondary N) is 3. The predicted molar refractivity (Wildman–Crippen MR) is 133 cm³/mol. The number of amides is 2. The van der Waals surface area contributed by atoms with Crippen LogP contribution in [0, 0.1) is 0 Å². The molecule has 2 aliphatic rings. The zero-order chi connectivity index (χ0) is 24.7. The third kappa shape index (κ3) is 5.19. The van der Waals surface area contributed by atoms with Gasteiger partial charge in [0.25, 0.3) is 11.8 Å². The molecule has 35 heavy (non-hydrogen) atoms. The van der Waals surface area contributed by atoms with Crippen LogP contribution in [-0.4, -0.2) is 64.4 Å². The molecule has 9 nitrogen and oxygen atoms in total. The Kier molecular flexibility index (Phi) is 6.52. The fourth-order valence-electron chi connectivity index (χ4n) is 4.76. The van der Waals surface area contributed by atoms with Crippen LogP contribution in [0.15, 0.2) is 24.3 Å². The summed E-state index contributed by atoms with van der Waals surface area (Å²) >= 11 is 7.46. The van der Waals surface area contributed by atoms with Crippen molar-refractivity contribution in [3.63, 3.8) is 0 Å². The molecule has 2 amide bonds. The van der Waals surface area contributed by atoms with Crippen molar-refractivity contribution in [1.29, 1.82) is 0 Å². The maximum atomic E-state index is 13.1. The first-order valence-electron chi connectivity index (χ1n) is 11.5. The van der Waals surface area contributed by atoms with Crippen LogP contribution >= 0.6 is 22.9 Å². The number of H-pyrrole nitrogens is 1. The molecule has 1 aliphatic carbocycles. The minimum atomic E-state index is -0.411. The molecule has 0 radical (unpaired) electrons. The van der Waals surface area contributed by atoms with E-state index in [4.69, 9.17) is 16.3 Å². The molecule has 3 atom stereocenters. The van der Waals surface area contributed by atoms with E-state index in [1.807, 2.05) is 13.1 Å². The van der Waals surface area contributed by atoms with Gasteiger partial charge in [0.15, 0.2) is 5.01 Å². The van der Waals surface area contributed by atoms with Crippen LogP contribution < -0.4 is 10.6 Å². The lowest BCUT2D eigenvalue weighted by Crippen LogP contribution is -2.48. The van der Waals surface area contributed by atoms with Gasteiger partial charge in [0.05, 0.1) is 17.8 Å². The highest BCUT2D eigenvalue weighted by Gasteiger charge is 2.39. The highest BCUT2D eigenvalue weighted by atomic mass is 35.5. The van der Waals surface area contributed by atoms with E-state index in [2.05, 4.69) is 25.5 Å². The molecular weight excluding hydrogens is 490 g/mol. The summed E-state index contributed by atoms with van der Waals surface area (Å²) in [5.74, 6) is -0.978. The summed E-state index contributed by atoms with van der Waals surface area (Å²) in [5, 5.41) is 7.85. The second-order valence-electron chi connectivity index (χ2n) is 9.15. The van der Waals surface area contributed by atoms with Crippen LogP contribution in [0.5, 0.6) is 0 Å². The average Bonchev–Trinajstić information content (AvgIpc) is 3.49. The topological polar surface area (TPSA) is 116 Å². The van der Waals surface area contributed by atoms with Crippen molar-refractivity contribution in [3.8, 4) is 0 Å². The zero-order valence-electron chi connectivity index (χ0n) is 19.4. The second kappa shape index (κ2) is 9.60. The number of carbonyl (C=O) groups excluding carboxylic acids is 3. The molecule has 0 saturated heterocycles. The van der Waals surface area contributed by atoms with Gasteiger partial charge in [-0.1, -0.05) is 11.6 Å². The lowest BCUT2D eigenvalue weighted by atomic mass is 10.1. The number of halogens is 1. The van der Waals surface area contributed by atoms with Gasteiger partial charge in [-0.15, -0.1) is 11.3 Å². The van der Waals surface area contributed by atoms with Gasteiger partial charge in [-0.2, -0.15) is 0 Å². The molecule has 11 heteroatoms. The van der Waals surface area contributed by atoms with Crippen molar-refractivity contribution in [2.24, 2.45) is 0 Å². The molecule has 1 aromatic carbocycles. The molecule has 3 heterocycles. The minimum Gasteiger partial charge on any atom is -0.462 e. The van der Waals surface area contributed by atoms with Gasteiger partial charge in [0, 0.05) is 60.1 Å². The Labute approximate surface area is 211 Å². The molecule has 3 aromatic rings. The summed E-state index contributed by atoms with van der Waals surface area (Å²) in [6.45, 7) is 3.05. The number of nitrogens with zero attached hydrogens (tertiary/aromatic N) is 2. The van der Waals surface area contributed by atoms with Crippen molar-refractivity contribution in [2.45, 2.75) is 50.9 Å².